The van der Waals surface area contributed by atoms with Gasteiger partial charge in [0.1, 0.15) is 26.2 Å². The van der Waals surface area contributed by atoms with Crippen molar-refractivity contribution in [1.82, 2.24) is 0 Å². The van der Waals surface area contributed by atoms with Gasteiger partial charge in [-0.1, -0.05) is 138 Å². The molecular weight excluding hydrogens is 819 g/mol. The van der Waals surface area contributed by atoms with Crippen LogP contribution in [-0.4, -0.2) is 81.6 Å². The number of carbonyl (C=O) groups is 5. The molecular formula is C20H20O10S10Tc. The molecule has 0 saturated carbocycles. The van der Waals surface area contributed by atoms with Crippen LogP contribution in [-0.2, 0) is 44.1 Å². The monoisotopic (exact) mass is 837 g/mol. The summed E-state index contributed by atoms with van der Waals surface area (Å²) in [5, 5.41) is 49.0. The predicted molar refractivity (Wildman–Crippen MR) is 179 cm³/mol. The Balaban J connectivity index is 0.000000485. The van der Waals surface area contributed by atoms with Gasteiger partial charge in [-0.05, 0) is 27.0 Å². The van der Waals surface area contributed by atoms with Crippen molar-refractivity contribution in [2.24, 2.45) is 0 Å². The number of rotatable bonds is 5. The van der Waals surface area contributed by atoms with E-state index in [2.05, 4.69) is 0 Å². The second-order valence-corrected chi connectivity index (χ2v) is 18.0. The van der Waals surface area contributed by atoms with Gasteiger partial charge in [0.25, 0.3) is 0 Å². The fourth-order valence-electron chi connectivity index (χ4n) is 1.75. The van der Waals surface area contributed by atoms with Gasteiger partial charge in [0.15, 0.2) is 0 Å². The maximum atomic E-state index is 10.1. The van der Waals surface area contributed by atoms with Crippen LogP contribution in [0.4, 0.5) is 0 Å². The van der Waals surface area contributed by atoms with Gasteiger partial charge < -0.3 is 25.5 Å². The first-order valence-electron chi connectivity index (χ1n) is 10.1. The van der Waals surface area contributed by atoms with Crippen molar-refractivity contribution in [1.29, 1.82) is 0 Å². The Morgan fingerprint density at radius 1 is 0.366 bits per heavy atom. The van der Waals surface area contributed by atoms with E-state index in [0.717, 1.165) is 0 Å². The molecule has 5 aliphatic rings. The molecule has 5 atom stereocenters. The summed E-state index contributed by atoms with van der Waals surface area (Å²) in [5.41, 5.74) is 0. The topological polar surface area (TPSA) is 186 Å². The molecule has 0 aromatic heterocycles. The molecule has 0 aliphatic carbocycles. The molecule has 21 heteroatoms. The Hall–Kier alpha value is 0.199. The minimum absolute atomic E-state index is 0. The van der Waals surface area contributed by atoms with E-state index >= 15 is 0 Å². The average molecular weight is 839 g/mol. The first kappa shape index (κ1) is 41.2. The number of hydrogen-bond donors (Lipinski definition) is 5. The largest absolute Gasteiger partial charge is 0.480 e. The standard InChI is InChI=1S/5C4H4O2S2.Tc/c5*5-4(6)3-1-2-7-8-3;/h5*1-3H,(H,5,6);. The van der Waals surface area contributed by atoms with Crippen molar-refractivity contribution in [2.75, 3.05) is 0 Å². The minimum Gasteiger partial charge on any atom is -0.480 e. The maximum absolute atomic E-state index is 10.1. The molecule has 0 bridgehead atoms. The summed E-state index contributed by atoms with van der Waals surface area (Å²) >= 11 is 0. The molecule has 5 rings (SSSR count). The second kappa shape index (κ2) is 24.5. The average Bonchev–Trinajstić information content (AvgIpc) is 3.74. The van der Waals surface area contributed by atoms with Crippen LogP contribution in [0.15, 0.2) is 57.4 Å². The second-order valence-electron chi connectivity index (χ2n) is 6.40. The van der Waals surface area contributed by atoms with Crippen molar-refractivity contribution >= 4 is 138 Å². The Kier molecular flexibility index (Phi) is 24.6. The van der Waals surface area contributed by atoms with Gasteiger partial charge in [-0.25, -0.2) is 0 Å². The van der Waals surface area contributed by atoms with Gasteiger partial charge in [-0.3, -0.25) is 24.0 Å². The van der Waals surface area contributed by atoms with Crippen molar-refractivity contribution in [2.45, 2.75) is 26.2 Å². The van der Waals surface area contributed by atoms with E-state index in [4.69, 9.17) is 25.5 Å². The Labute approximate surface area is 288 Å². The van der Waals surface area contributed by atoms with Crippen molar-refractivity contribution in [3.63, 3.8) is 0 Å². The molecule has 5 aliphatic heterocycles. The third kappa shape index (κ3) is 19.3. The van der Waals surface area contributed by atoms with Crippen LogP contribution >= 0.6 is 108 Å². The summed E-state index contributed by atoms with van der Waals surface area (Å²) < 4.78 is 0. The molecule has 5 unspecified atom stereocenters. The molecule has 1 radical (unpaired) electrons. The predicted octanol–water partition coefficient (Wildman–Crippen LogP) is 6.74. The van der Waals surface area contributed by atoms with Crippen molar-refractivity contribution in [3.8, 4) is 0 Å². The summed E-state index contributed by atoms with van der Waals surface area (Å²) in [6.07, 6.45) is 8.39. The Morgan fingerprint density at radius 3 is 0.561 bits per heavy atom. The smallest absolute Gasteiger partial charge is 0.321 e. The zero-order chi connectivity index (χ0) is 29.9. The van der Waals surface area contributed by atoms with Crippen LogP contribution in [0.1, 0.15) is 0 Å². The van der Waals surface area contributed by atoms with E-state index in [0.29, 0.717) is 0 Å². The van der Waals surface area contributed by atoms with E-state index in [-0.39, 0.29) is 46.4 Å². The molecule has 5 heterocycles. The van der Waals surface area contributed by atoms with Crippen LogP contribution < -0.4 is 0 Å². The number of hydrogen-bond acceptors (Lipinski definition) is 15. The summed E-state index contributed by atoms with van der Waals surface area (Å²) in [6.45, 7) is 0. The SMILES string of the molecule is O=C(O)C1C=CSS1.O=C(O)C1C=CSS1.O=C(O)C1C=CSS1.O=C(O)C1C=CSS1.O=C(O)C1C=CSS1.[Tc]. The summed E-state index contributed by atoms with van der Waals surface area (Å²) in [7, 11) is 14.1. The zero-order valence-corrected chi connectivity index (χ0v) is 29.9. The first-order valence-corrected chi connectivity index (χ1v) is 21.5. The number of carboxylic acid groups (broad SMARTS) is 5. The quantitative estimate of drug-likeness (QED) is 0.183. The van der Waals surface area contributed by atoms with Gasteiger partial charge >= 0.3 is 29.8 Å². The van der Waals surface area contributed by atoms with Crippen LogP contribution in [0.5, 0.6) is 0 Å². The van der Waals surface area contributed by atoms with Gasteiger partial charge in [-0.2, -0.15) is 0 Å². The van der Waals surface area contributed by atoms with E-state index in [1.54, 1.807) is 57.4 Å². The molecule has 0 saturated heterocycles. The van der Waals surface area contributed by atoms with Crippen LogP contribution in [0.2, 0.25) is 0 Å². The summed E-state index contributed by atoms with van der Waals surface area (Å²) in [5.74, 6) is -3.77. The fraction of sp³-hybridized carbons (Fsp3) is 0.250. The Bertz CT molecular complexity index is 853. The molecule has 0 spiro atoms. The minimum atomic E-state index is -0.753. The Morgan fingerprint density at radius 2 is 0.512 bits per heavy atom. The van der Waals surface area contributed by atoms with E-state index in [1.807, 2.05) is 0 Å². The molecule has 5 N–H and O–H groups in total. The molecule has 0 amide bonds. The van der Waals surface area contributed by atoms with Gasteiger partial charge in [0, 0.05) is 20.1 Å². The van der Waals surface area contributed by atoms with E-state index in [9.17, 15) is 24.0 Å². The molecule has 0 fully saturated rings. The zero-order valence-electron chi connectivity index (χ0n) is 19.9. The third-order valence-electron chi connectivity index (χ3n) is 3.56. The van der Waals surface area contributed by atoms with Crippen molar-refractivity contribution in [3.05, 3.63) is 57.4 Å². The fourth-order valence-corrected chi connectivity index (χ4v) is 11.3. The van der Waals surface area contributed by atoms with Crippen LogP contribution in [0, 0.1) is 0 Å². The third-order valence-corrected chi connectivity index (χ3v) is 14.7. The number of carboxylic acids is 5. The molecule has 10 nitrogen and oxygen atoms in total. The van der Waals surface area contributed by atoms with Crippen LogP contribution in [0.25, 0.3) is 0 Å². The normalized spacial score (nSPS) is 25.6. The molecule has 227 valence electrons. The van der Waals surface area contributed by atoms with Gasteiger partial charge in [0.05, 0.1) is 0 Å². The van der Waals surface area contributed by atoms with Gasteiger partial charge in [0.2, 0.25) is 0 Å². The maximum Gasteiger partial charge on any atom is 0.321 e. The summed E-state index contributed by atoms with van der Waals surface area (Å²) in [6, 6.07) is 0. The van der Waals surface area contributed by atoms with E-state index < -0.39 is 29.8 Å². The first-order chi connectivity index (χ1) is 19.0. The van der Waals surface area contributed by atoms with Crippen LogP contribution in [0.3, 0.4) is 0 Å². The van der Waals surface area contributed by atoms with E-state index in [1.165, 1.54) is 108 Å². The molecule has 0 aromatic rings. The van der Waals surface area contributed by atoms with Crippen molar-refractivity contribution < 1.29 is 69.6 Å². The summed E-state index contributed by atoms with van der Waals surface area (Å²) in [4.78, 5) is 50.6. The molecule has 0 aromatic carbocycles. The van der Waals surface area contributed by atoms with Gasteiger partial charge in [-0.15, -0.1) is 0 Å². The molecule has 41 heavy (non-hydrogen) atoms. The number of aliphatic carboxylic acids is 5.